The van der Waals surface area contributed by atoms with Gasteiger partial charge in [-0.25, -0.2) is 0 Å². The Balaban J connectivity index is 1.39. The smallest absolute Gasteiger partial charge is 0.274 e. The molecule has 2 aliphatic heterocycles. The highest BCUT2D eigenvalue weighted by Crippen LogP contribution is 2.21. The number of nitrogens with one attached hydrogen (secondary N) is 1. The minimum Gasteiger partial charge on any atom is -0.337 e. The van der Waals surface area contributed by atoms with E-state index in [4.69, 9.17) is 0 Å². The summed E-state index contributed by atoms with van der Waals surface area (Å²) in [5.74, 6) is 0.467. The number of likely N-dealkylation sites (tertiary alicyclic amines) is 1. The predicted octanol–water partition coefficient (Wildman–Crippen LogP) is 0.951. The molecule has 2 aromatic heterocycles. The maximum Gasteiger partial charge on any atom is 0.274 e. The van der Waals surface area contributed by atoms with E-state index in [1.54, 1.807) is 6.20 Å². The number of carbonyl (C=O) groups excluding carboxylic acids is 1. The van der Waals surface area contributed by atoms with Crippen LogP contribution >= 0.6 is 0 Å². The lowest BCUT2D eigenvalue weighted by atomic mass is 9.98. The molecule has 0 radical (unpaired) electrons. The summed E-state index contributed by atoms with van der Waals surface area (Å²) in [5.41, 5.74) is 0.562. The molecule has 2 aliphatic rings. The second-order valence-corrected chi connectivity index (χ2v) is 7.07. The Morgan fingerprint density at radius 2 is 2.24 bits per heavy atom. The van der Waals surface area contributed by atoms with Gasteiger partial charge in [-0.2, -0.15) is 5.10 Å². The molecule has 2 fully saturated rings. The molecule has 0 aliphatic carbocycles. The maximum absolute atomic E-state index is 12.8. The molecule has 8 heteroatoms. The van der Waals surface area contributed by atoms with E-state index in [1.807, 2.05) is 32.7 Å². The maximum atomic E-state index is 12.8. The van der Waals surface area contributed by atoms with Gasteiger partial charge in [0.25, 0.3) is 5.91 Å². The average Bonchev–Trinajstić information content (AvgIpc) is 3.34. The van der Waals surface area contributed by atoms with Gasteiger partial charge < -0.3 is 10.2 Å². The van der Waals surface area contributed by atoms with E-state index < -0.39 is 0 Å². The Kier molecular flexibility index (Phi) is 4.78. The van der Waals surface area contributed by atoms with Gasteiger partial charge in [0, 0.05) is 38.6 Å². The highest BCUT2D eigenvalue weighted by molar-refractivity contribution is 5.92. The van der Waals surface area contributed by atoms with Crippen molar-refractivity contribution in [2.24, 2.45) is 5.92 Å². The molecule has 0 spiro atoms. The van der Waals surface area contributed by atoms with Gasteiger partial charge in [0.1, 0.15) is 5.69 Å². The first-order valence-electron chi connectivity index (χ1n) is 9.19. The lowest BCUT2D eigenvalue weighted by molar-refractivity contribution is 0.0652. The molecule has 1 amide bonds. The molecule has 4 rings (SSSR count). The fourth-order valence-corrected chi connectivity index (χ4v) is 3.87. The molecule has 25 heavy (non-hydrogen) atoms. The molecule has 0 aromatic carbocycles. The highest BCUT2D eigenvalue weighted by Gasteiger charge is 2.27. The Labute approximate surface area is 147 Å². The first-order chi connectivity index (χ1) is 12.3. The quantitative estimate of drug-likeness (QED) is 0.894. The van der Waals surface area contributed by atoms with Crippen LogP contribution in [0.2, 0.25) is 0 Å². The summed E-state index contributed by atoms with van der Waals surface area (Å²) in [6.07, 6.45) is 9.93. The first kappa shape index (κ1) is 16.3. The largest absolute Gasteiger partial charge is 0.337 e. The highest BCUT2D eigenvalue weighted by atomic mass is 16.2. The summed E-state index contributed by atoms with van der Waals surface area (Å²) in [7, 11) is 0. The topological polar surface area (TPSA) is 80.9 Å². The van der Waals surface area contributed by atoms with E-state index in [2.05, 4.69) is 20.7 Å². The van der Waals surface area contributed by atoms with Crippen LogP contribution in [0.25, 0.3) is 0 Å². The van der Waals surface area contributed by atoms with E-state index in [9.17, 15) is 4.79 Å². The van der Waals surface area contributed by atoms with E-state index in [-0.39, 0.29) is 5.91 Å². The van der Waals surface area contributed by atoms with E-state index in [1.165, 1.54) is 0 Å². The summed E-state index contributed by atoms with van der Waals surface area (Å²) in [6.45, 7) is 4.39. The predicted molar refractivity (Wildman–Crippen MR) is 92.0 cm³/mol. The van der Waals surface area contributed by atoms with Crippen LogP contribution in [0.4, 0.5) is 0 Å². The molecule has 8 nitrogen and oxygen atoms in total. The van der Waals surface area contributed by atoms with Gasteiger partial charge >= 0.3 is 0 Å². The van der Waals surface area contributed by atoms with Crippen molar-refractivity contribution in [3.8, 4) is 0 Å². The summed E-state index contributed by atoms with van der Waals surface area (Å²) in [4.78, 5) is 14.8. The summed E-state index contributed by atoms with van der Waals surface area (Å²) in [6, 6.07) is 2.22. The lowest BCUT2D eigenvalue weighted by Gasteiger charge is -2.32. The minimum absolute atomic E-state index is 0.0470. The number of piperidine rings is 2. The molecular weight excluding hydrogens is 318 g/mol. The van der Waals surface area contributed by atoms with Crippen LogP contribution in [0.1, 0.15) is 42.2 Å². The second-order valence-electron chi connectivity index (χ2n) is 7.07. The Morgan fingerprint density at radius 3 is 3.04 bits per heavy atom. The molecule has 134 valence electrons. The molecule has 2 saturated heterocycles. The Hall–Kier alpha value is -2.22. The second kappa shape index (κ2) is 7.35. The zero-order chi connectivity index (χ0) is 17.1. The van der Waals surface area contributed by atoms with Crippen molar-refractivity contribution in [2.45, 2.75) is 38.3 Å². The van der Waals surface area contributed by atoms with Gasteiger partial charge in [0.2, 0.25) is 0 Å². The molecule has 0 bridgehead atoms. The minimum atomic E-state index is 0.0470. The summed E-state index contributed by atoms with van der Waals surface area (Å²) >= 11 is 0. The van der Waals surface area contributed by atoms with Crippen LogP contribution in [0.15, 0.2) is 24.7 Å². The SMILES string of the molecule is O=C(c1ccn(C2CCCNC2)n1)N1CCCC(Cn2ccnn2)C1. The van der Waals surface area contributed by atoms with Crippen molar-refractivity contribution in [3.05, 3.63) is 30.4 Å². The standard InChI is InChI=1S/C17H25N7O/c25-17(16-5-9-24(20-16)15-4-1-6-18-11-15)22-8-2-3-14(12-22)13-23-10-7-19-21-23/h5,7,9-10,14-15,18H,1-4,6,8,11-13H2. The molecular formula is C17H25N7O. The van der Waals surface area contributed by atoms with Crippen LogP contribution in [-0.2, 0) is 6.54 Å². The van der Waals surface area contributed by atoms with Crippen molar-refractivity contribution in [1.82, 2.24) is 35.0 Å². The third-order valence-corrected chi connectivity index (χ3v) is 5.20. The lowest BCUT2D eigenvalue weighted by Crippen LogP contribution is -2.41. The van der Waals surface area contributed by atoms with Crippen molar-refractivity contribution in [1.29, 1.82) is 0 Å². The van der Waals surface area contributed by atoms with Crippen LogP contribution < -0.4 is 5.32 Å². The number of amides is 1. The molecule has 4 heterocycles. The van der Waals surface area contributed by atoms with Crippen LogP contribution in [0.5, 0.6) is 0 Å². The van der Waals surface area contributed by atoms with Gasteiger partial charge in [-0.15, -0.1) is 5.10 Å². The summed E-state index contributed by atoms with van der Waals surface area (Å²) < 4.78 is 3.81. The normalized spacial score (nSPS) is 24.4. The fraction of sp³-hybridized carbons (Fsp3) is 0.647. The zero-order valence-corrected chi connectivity index (χ0v) is 14.4. The zero-order valence-electron chi connectivity index (χ0n) is 14.4. The van der Waals surface area contributed by atoms with Crippen molar-refractivity contribution < 1.29 is 4.79 Å². The average molecular weight is 343 g/mol. The third-order valence-electron chi connectivity index (χ3n) is 5.20. The van der Waals surface area contributed by atoms with Crippen LogP contribution in [-0.4, -0.2) is 61.8 Å². The number of aromatic nitrogens is 5. The van der Waals surface area contributed by atoms with Crippen molar-refractivity contribution >= 4 is 5.91 Å². The number of nitrogens with zero attached hydrogens (tertiary/aromatic N) is 6. The Morgan fingerprint density at radius 1 is 1.28 bits per heavy atom. The summed E-state index contributed by atoms with van der Waals surface area (Å²) in [5, 5.41) is 15.8. The van der Waals surface area contributed by atoms with Gasteiger partial charge in [0.15, 0.2) is 0 Å². The van der Waals surface area contributed by atoms with Gasteiger partial charge in [-0.1, -0.05) is 5.21 Å². The van der Waals surface area contributed by atoms with Crippen molar-refractivity contribution in [2.75, 3.05) is 26.2 Å². The number of rotatable bonds is 4. The molecule has 1 N–H and O–H groups in total. The van der Waals surface area contributed by atoms with E-state index in [0.717, 1.165) is 58.4 Å². The van der Waals surface area contributed by atoms with Gasteiger partial charge in [-0.05, 0) is 44.2 Å². The third kappa shape index (κ3) is 3.73. The number of hydrogen-bond acceptors (Lipinski definition) is 5. The molecule has 0 saturated carbocycles. The Bertz CT molecular complexity index is 690. The van der Waals surface area contributed by atoms with Gasteiger partial charge in [0.05, 0.1) is 12.2 Å². The first-order valence-corrected chi connectivity index (χ1v) is 9.19. The number of carbonyl (C=O) groups is 1. The van der Waals surface area contributed by atoms with E-state index >= 15 is 0 Å². The van der Waals surface area contributed by atoms with Crippen LogP contribution in [0.3, 0.4) is 0 Å². The van der Waals surface area contributed by atoms with Crippen molar-refractivity contribution in [3.63, 3.8) is 0 Å². The van der Waals surface area contributed by atoms with E-state index in [0.29, 0.717) is 17.7 Å². The monoisotopic (exact) mass is 343 g/mol. The molecule has 2 atom stereocenters. The molecule has 2 unspecified atom stereocenters. The van der Waals surface area contributed by atoms with Crippen LogP contribution in [0, 0.1) is 5.92 Å². The molecule has 2 aromatic rings. The van der Waals surface area contributed by atoms with Gasteiger partial charge in [-0.3, -0.25) is 14.2 Å². The number of hydrogen-bond donors (Lipinski definition) is 1. The fourth-order valence-electron chi connectivity index (χ4n) is 3.87.